The third-order valence-electron chi connectivity index (χ3n) is 2.50. The third-order valence-corrected chi connectivity index (χ3v) is 2.50. The number of ketones is 1. The quantitative estimate of drug-likeness (QED) is 0.759. The SMILES string of the molecule is CC(=O)c1cc(C(=O)NC(C)CC(=O)O)n(C)c1. The van der Waals surface area contributed by atoms with Crippen LogP contribution in [0.2, 0.25) is 0 Å². The van der Waals surface area contributed by atoms with Crippen LogP contribution in [0.15, 0.2) is 12.3 Å². The van der Waals surface area contributed by atoms with Gasteiger partial charge in [-0.05, 0) is 19.9 Å². The van der Waals surface area contributed by atoms with E-state index < -0.39 is 17.9 Å². The zero-order valence-corrected chi connectivity index (χ0v) is 10.6. The molecular weight excluding hydrogens is 236 g/mol. The Kier molecular flexibility index (Phi) is 4.25. The van der Waals surface area contributed by atoms with Crippen LogP contribution in [-0.4, -0.2) is 33.4 Å². The molecule has 0 saturated heterocycles. The second-order valence-corrected chi connectivity index (χ2v) is 4.25. The summed E-state index contributed by atoms with van der Waals surface area (Å²) < 4.78 is 1.54. The van der Waals surface area contributed by atoms with Gasteiger partial charge in [0.2, 0.25) is 0 Å². The van der Waals surface area contributed by atoms with Crippen molar-refractivity contribution < 1.29 is 19.5 Å². The minimum Gasteiger partial charge on any atom is -0.481 e. The third kappa shape index (κ3) is 3.44. The highest BCUT2D eigenvalue weighted by atomic mass is 16.4. The normalized spacial score (nSPS) is 11.9. The van der Waals surface area contributed by atoms with Crippen molar-refractivity contribution >= 4 is 17.7 Å². The predicted octanol–water partition coefficient (Wildman–Crippen LogP) is 0.821. The van der Waals surface area contributed by atoms with Crippen LogP contribution in [0.3, 0.4) is 0 Å². The van der Waals surface area contributed by atoms with E-state index in [4.69, 9.17) is 5.11 Å². The van der Waals surface area contributed by atoms with E-state index in [0.29, 0.717) is 11.3 Å². The molecule has 1 atom stereocenters. The first-order valence-electron chi connectivity index (χ1n) is 5.51. The highest BCUT2D eigenvalue weighted by Gasteiger charge is 2.16. The summed E-state index contributed by atoms with van der Waals surface area (Å²) in [6, 6.07) is 1.02. The standard InChI is InChI=1S/C12H16N2O4/c1-7(4-11(16)17)13-12(18)10-5-9(8(2)15)6-14(10)3/h5-7H,4H2,1-3H3,(H,13,18)(H,16,17). The molecule has 0 aromatic carbocycles. The van der Waals surface area contributed by atoms with Crippen molar-refractivity contribution in [2.75, 3.05) is 0 Å². The number of hydrogen-bond donors (Lipinski definition) is 2. The summed E-state index contributed by atoms with van der Waals surface area (Å²) in [6.07, 6.45) is 1.43. The molecule has 0 bridgehead atoms. The molecule has 2 N–H and O–H groups in total. The van der Waals surface area contributed by atoms with Gasteiger partial charge in [-0.2, -0.15) is 0 Å². The van der Waals surface area contributed by atoms with Crippen molar-refractivity contribution in [1.29, 1.82) is 0 Å². The van der Waals surface area contributed by atoms with Gasteiger partial charge in [0.05, 0.1) is 6.42 Å². The maximum atomic E-state index is 11.9. The van der Waals surface area contributed by atoms with Crippen molar-refractivity contribution in [3.63, 3.8) is 0 Å². The number of Topliss-reactive ketones (excluding diaryl/α,β-unsaturated/α-hetero) is 1. The lowest BCUT2D eigenvalue weighted by Crippen LogP contribution is -2.35. The number of carbonyl (C=O) groups is 3. The predicted molar refractivity (Wildman–Crippen MR) is 64.6 cm³/mol. The van der Waals surface area contributed by atoms with Gasteiger partial charge in [-0.25, -0.2) is 0 Å². The van der Waals surface area contributed by atoms with Gasteiger partial charge in [-0.3, -0.25) is 14.4 Å². The summed E-state index contributed by atoms with van der Waals surface area (Å²) in [5.41, 5.74) is 0.783. The number of aryl methyl sites for hydroxylation is 1. The van der Waals surface area contributed by atoms with E-state index in [1.54, 1.807) is 24.7 Å². The second-order valence-electron chi connectivity index (χ2n) is 4.25. The number of hydrogen-bond acceptors (Lipinski definition) is 3. The van der Waals surface area contributed by atoms with Crippen LogP contribution < -0.4 is 5.32 Å². The first-order chi connectivity index (χ1) is 8.31. The Morgan fingerprint density at radius 2 is 2.06 bits per heavy atom. The van der Waals surface area contributed by atoms with Crippen LogP contribution in [0.25, 0.3) is 0 Å². The number of rotatable bonds is 5. The minimum absolute atomic E-state index is 0.122. The summed E-state index contributed by atoms with van der Waals surface area (Å²) in [7, 11) is 1.66. The number of amides is 1. The van der Waals surface area contributed by atoms with Crippen LogP contribution in [-0.2, 0) is 11.8 Å². The summed E-state index contributed by atoms with van der Waals surface area (Å²) in [5.74, 6) is -1.49. The highest BCUT2D eigenvalue weighted by Crippen LogP contribution is 2.08. The molecule has 18 heavy (non-hydrogen) atoms. The van der Waals surface area contributed by atoms with Gasteiger partial charge >= 0.3 is 5.97 Å². The van der Waals surface area contributed by atoms with Crippen LogP contribution in [0.4, 0.5) is 0 Å². The first-order valence-corrected chi connectivity index (χ1v) is 5.51. The van der Waals surface area contributed by atoms with E-state index in [1.807, 2.05) is 0 Å². The molecule has 0 fully saturated rings. The Morgan fingerprint density at radius 3 is 2.50 bits per heavy atom. The highest BCUT2D eigenvalue weighted by molar-refractivity contribution is 5.99. The fourth-order valence-corrected chi connectivity index (χ4v) is 1.59. The smallest absolute Gasteiger partial charge is 0.305 e. The second kappa shape index (κ2) is 5.48. The molecule has 0 radical (unpaired) electrons. The van der Waals surface area contributed by atoms with E-state index >= 15 is 0 Å². The number of nitrogens with one attached hydrogen (secondary N) is 1. The van der Waals surface area contributed by atoms with Crippen molar-refractivity contribution in [3.05, 3.63) is 23.5 Å². The molecule has 98 valence electrons. The average molecular weight is 252 g/mol. The molecule has 1 aromatic rings. The lowest BCUT2D eigenvalue weighted by Gasteiger charge is -2.11. The van der Waals surface area contributed by atoms with Gasteiger partial charge in [0.25, 0.3) is 5.91 Å². The van der Waals surface area contributed by atoms with E-state index in [9.17, 15) is 14.4 Å². The van der Waals surface area contributed by atoms with Crippen LogP contribution in [0.1, 0.15) is 41.1 Å². The van der Waals surface area contributed by atoms with Gasteiger partial charge in [0.1, 0.15) is 5.69 Å². The van der Waals surface area contributed by atoms with Crippen molar-refractivity contribution in [3.8, 4) is 0 Å². The van der Waals surface area contributed by atoms with E-state index in [1.165, 1.54) is 13.0 Å². The molecule has 0 aliphatic carbocycles. The molecular formula is C12H16N2O4. The van der Waals surface area contributed by atoms with Gasteiger partial charge in [-0.1, -0.05) is 0 Å². The Morgan fingerprint density at radius 1 is 1.44 bits per heavy atom. The van der Waals surface area contributed by atoms with Crippen molar-refractivity contribution in [1.82, 2.24) is 9.88 Å². The molecule has 6 nitrogen and oxygen atoms in total. The molecule has 6 heteroatoms. The van der Waals surface area contributed by atoms with Gasteiger partial charge in [0.15, 0.2) is 5.78 Å². The fourth-order valence-electron chi connectivity index (χ4n) is 1.59. The molecule has 0 spiro atoms. The average Bonchev–Trinajstić information content (AvgIpc) is 2.58. The van der Waals surface area contributed by atoms with Gasteiger partial charge < -0.3 is 15.0 Å². The minimum atomic E-state index is -0.973. The van der Waals surface area contributed by atoms with Crippen molar-refractivity contribution in [2.45, 2.75) is 26.3 Å². The zero-order valence-electron chi connectivity index (χ0n) is 10.6. The number of carbonyl (C=O) groups excluding carboxylic acids is 2. The first kappa shape index (κ1) is 14.0. The number of nitrogens with zero attached hydrogens (tertiary/aromatic N) is 1. The maximum absolute atomic E-state index is 11.9. The van der Waals surface area contributed by atoms with Gasteiger partial charge in [0, 0.05) is 24.8 Å². The molecule has 1 amide bonds. The van der Waals surface area contributed by atoms with Crippen molar-refractivity contribution in [2.24, 2.45) is 7.05 Å². The molecule has 1 heterocycles. The van der Waals surface area contributed by atoms with E-state index in [-0.39, 0.29) is 12.2 Å². The molecule has 0 saturated carbocycles. The summed E-state index contributed by atoms with van der Waals surface area (Å²) >= 11 is 0. The molecule has 0 aliphatic heterocycles. The molecule has 1 rings (SSSR count). The Hall–Kier alpha value is -2.11. The van der Waals surface area contributed by atoms with E-state index in [2.05, 4.69) is 5.32 Å². The number of aromatic nitrogens is 1. The Bertz CT molecular complexity index is 490. The molecule has 1 aromatic heterocycles. The summed E-state index contributed by atoms with van der Waals surface area (Å²) in [5, 5.41) is 11.2. The number of aliphatic carboxylic acids is 1. The van der Waals surface area contributed by atoms with E-state index in [0.717, 1.165) is 0 Å². The lowest BCUT2D eigenvalue weighted by atomic mass is 10.2. The summed E-state index contributed by atoms with van der Waals surface area (Å²) in [6.45, 7) is 3.03. The van der Waals surface area contributed by atoms with Gasteiger partial charge in [-0.15, -0.1) is 0 Å². The topological polar surface area (TPSA) is 88.4 Å². The Labute approximate surface area is 105 Å². The van der Waals surface area contributed by atoms with Crippen LogP contribution >= 0.6 is 0 Å². The zero-order chi connectivity index (χ0) is 13.9. The number of carboxylic acids is 1. The van der Waals surface area contributed by atoms with Crippen LogP contribution in [0, 0.1) is 0 Å². The molecule has 0 aliphatic rings. The largest absolute Gasteiger partial charge is 0.481 e. The Balaban J connectivity index is 2.78. The molecule has 1 unspecified atom stereocenters. The lowest BCUT2D eigenvalue weighted by molar-refractivity contribution is -0.137. The van der Waals surface area contributed by atoms with Crippen LogP contribution in [0.5, 0.6) is 0 Å². The number of carboxylic acid groups (broad SMARTS) is 1. The fraction of sp³-hybridized carbons (Fsp3) is 0.417. The summed E-state index contributed by atoms with van der Waals surface area (Å²) in [4.78, 5) is 33.5. The maximum Gasteiger partial charge on any atom is 0.305 e. The monoisotopic (exact) mass is 252 g/mol.